The Bertz CT molecular complexity index is 373. The third-order valence-corrected chi connectivity index (χ3v) is 3.49. The Balaban J connectivity index is 2.69. The quantitative estimate of drug-likeness (QED) is 0.907. The Hall–Kier alpha value is -0.770. The van der Waals surface area contributed by atoms with Gasteiger partial charge in [0.25, 0.3) is 5.91 Å². The summed E-state index contributed by atoms with van der Waals surface area (Å²) in [4.78, 5) is 12.0. The van der Waals surface area contributed by atoms with E-state index in [-0.39, 0.29) is 11.9 Å². The Kier molecular flexibility index (Phi) is 4.59. The number of nitrogens with zero attached hydrogens (tertiary/aromatic N) is 1. The van der Waals surface area contributed by atoms with Crippen molar-refractivity contribution in [2.75, 3.05) is 0 Å². The van der Waals surface area contributed by atoms with E-state index in [1.165, 1.54) is 0 Å². The van der Waals surface area contributed by atoms with Gasteiger partial charge in [-0.1, -0.05) is 20.3 Å². The van der Waals surface area contributed by atoms with E-state index >= 15 is 0 Å². The van der Waals surface area contributed by atoms with Crippen molar-refractivity contribution in [3.63, 3.8) is 0 Å². The highest BCUT2D eigenvalue weighted by Crippen LogP contribution is 2.14. The van der Waals surface area contributed by atoms with Crippen molar-refractivity contribution in [3.05, 3.63) is 22.4 Å². The molecule has 1 heterocycles. The molecule has 1 N–H and O–H groups in total. The molecular formula is C12H19BrN2O. The number of hydrogen-bond acceptors (Lipinski definition) is 1. The molecule has 2 atom stereocenters. The molecule has 90 valence electrons. The molecule has 4 heteroatoms. The SMILES string of the molecule is CCC(C)C(C)NC(=O)c1cc(Br)cn1C. The van der Waals surface area contributed by atoms with Gasteiger partial charge in [0.15, 0.2) is 0 Å². The largest absolute Gasteiger partial charge is 0.348 e. The number of carbonyl (C=O) groups excluding carboxylic acids is 1. The normalized spacial score (nSPS) is 14.6. The van der Waals surface area contributed by atoms with Crippen LogP contribution in [-0.4, -0.2) is 16.5 Å². The first kappa shape index (κ1) is 13.3. The van der Waals surface area contributed by atoms with E-state index in [4.69, 9.17) is 0 Å². The molecule has 1 amide bonds. The fourth-order valence-electron chi connectivity index (χ4n) is 1.53. The number of halogens is 1. The first-order valence-electron chi connectivity index (χ1n) is 5.58. The van der Waals surface area contributed by atoms with Crippen molar-refractivity contribution in [3.8, 4) is 0 Å². The van der Waals surface area contributed by atoms with Gasteiger partial charge >= 0.3 is 0 Å². The van der Waals surface area contributed by atoms with Crippen molar-refractivity contribution in [1.29, 1.82) is 0 Å². The van der Waals surface area contributed by atoms with Crippen LogP contribution in [0.2, 0.25) is 0 Å². The molecule has 0 aromatic carbocycles. The predicted molar refractivity (Wildman–Crippen MR) is 69.5 cm³/mol. The van der Waals surface area contributed by atoms with Gasteiger partial charge in [0.2, 0.25) is 0 Å². The van der Waals surface area contributed by atoms with Crippen LogP contribution in [0.3, 0.4) is 0 Å². The number of aromatic nitrogens is 1. The summed E-state index contributed by atoms with van der Waals surface area (Å²) < 4.78 is 2.75. The van der Waals surface area contributed by atoms with E-state index in [0.717, 1.165) is 10.9 Å². The molecule has 1 aromatic rings. The Morgan fingerprint density at radius 2 is 2.19 bits per heavy atom. The van der Waals surface area contributed by atoms with E-state index in [0.29, 0.717) is 11.6 Å². The van der Waals surface area contributed by atoms with E-state index in [1.54, 1.807) is 0 Å². The van der Waals surface area contributed by atoms with E-state index in [1.807, 2.05) is 30.8 Å². The minimum Gasteiger partial charge on any atom is -0.348 e. The molecule has 0 saturated heterocycles. The summed E-state index contributed by atoms with van der Waals surface area (Å²) in [5.74, 6) is 0.480. The van der Waals surface area contributed by atoms with Crippen LogP contribution in [0.15, 0.2) is 16.7 Å². The number of carbonyl (C=O) groups is 1. The molecule has 0 radical (unpaired) electrons. The number of rotatable bonds is 4. The summed E-state index contributed by atoms with van der Waals surface area (Å²) in [5, 5.41) is 3.02. The molecule has 0 aliphatic rings. The first-order valence-corrected chi connectivity index (χ1v) is 6.37. The lowest BCUT2D eigenvalue weighted by Crippen LogP contribution is -2.37. The standard InChI is InChI=1S/C12H19BrN2O/c1-5-8(2)9(3)14-12(16)11-6-10(13)7-15(11)4/h6-9H,5H2,1-4H3,(H,14,16). The molecule has 1 aromatic heterocycles. The summed E-state index contributed by atoms with van der Waals surface area (Å²) in [6.45, 7) is 6.32. The van der Waals surface area contributed by atoms with Crippen molar-refractivity contribution in [1.82, 2.24) is 9.88 Å². The van der Waals surface area contributed by atoms with Gasteiger partial charge < -0.3 is 9.88 Å². The van der Waals surface area contributed by atoms with Gasteiger partial charge in [-0.05, 0) is 34.8 Å². The van der Waals surface area contributed by atoms with Gasteiger partial charge in [0.1, 0.15) is 5.69 Å². The molecule has 0 saturated carbocycles. The second-order valence-electron chi connectivity index (χ2n) is 4.30. The third kappa shape index (κ3) is 3.11. The molecule has 0 bridgehead atoms. The van der Waals surface area contributed by atoms with Crippen LogP contribution in [0.4, 0.5) is 0 Å². The lowest BCUT2D eigenvalue weighted by atomic mass is 10.0. The second kappa shape index (κ2) is 5.53. The molecule has 0 spiro atoms. The molecule has 2 unspecified atom stereocenters. The minimum atomic E-state index is -0.0130. The zero-order chi connectivity index (χ0) is 12.3. The third-order valence-electron chi connectivity index (χ3n) is 3.06. The zero-order valence-corrected chi connectivity index (χ0v) is 11.8. The molecule has 16 heavy (non-hydrogen) atoms. The molecule has 0 aliphatic carbocycles. The number of nitrogens with one attached hydrogen (secondary N) is 1. The lowest BCUT2D eigenvalue weighted by Gasteiger charge is -2.19. The molecule has 0 aliphatic heterocycles. The van der Waals surface area contributed by atoms with Crippen molar-refractivity contribution >= 4 is 21.8 Å². The number of hydrogen-bond donors (Lipinski definition) is 1. The highest BCUT2D eigenvalue weighted by Gasteiger charge is 2.16. The van der Waals surface area contributed by atoms with Crippen LogP contribution in [0.1, 0.15) is 37.7 Å². The Morgan fingerprint density at radius 3 is 2.62 bits per heavy atom. The average Bonchev–Trinajstić information content (AvgIpc) is 2.56. The monoisotopic (exact) mass is 286 g/mol. The molecule has 1 rings (SSSR count). The smallest absolute Gasteiger partial charge is 0.268 e. The Morgan fingerprint density at radius 1 is 1.56 bits per heavy atom. The van der Waals surface area contributed by atoms with Crippen LogP contribution in [0, 0.1) is 5.92 Å². The van der Waals surface area contributed by atoms with Crippen molar-refractivity contribution in [2.45, 2.75) is 33.2 Å². The molecular weight excluding hydrogens is 268 g/mol. The molecule has 3 nitrogen and oxygen atoms in total. The van der Waals surface area contributed by atoms with Gasteiger partial charge in [0, 0.05) is 23.8 Å². The number of aryl methyl sites for hydroxylation is 1. The second-order valence-corrected chi connectivity index (χ2v) is 5.22. The van der Waals surface area contributed by atoms with Crippen LogP contribution in [-0.2, 0) is 7.05 Å². The van der Waals surface area contributed by atoms with Gasteiger partial charge in [0.05, 0.1) is 0 Å². The van der Waals surface area contributed by atoms with Crippen LogP contribution in [0.25, 0.3) is 0 Å². The molecule has 0 fully saturated rings. The summed E-state index contributed by atoms with van der Waals surface area (Å²) in [5.41, 5.74) is 0.682. The van der Waals surface area contributed by atoms with E-state index < -0.39 is 0 Å². The minimum absolute atomic E-state index is 0.0130. The summed E-state index contributed by atoms with van der Waals surface area (Å²) >= 11 is 3.36. The fraction of sp³-hybridized carbons (Fsp3) is 0.583. The maximum atomic E-state index is 12.0. The zero-order valence-electron chi connectivity index (χ0n) is 10.2. The maximum Gasteiger partial charge on any atom is 0.268 e. The number of amides is 1. The predicted octanol–water partition coefficient (Wildman–Crippen LogP) is 2.95. The fourth-order valence-corrected chi connectivity index (χ4v) is 2.05. The van der Waals surface area contributed by atoms with Crippen LogP contribution < -0.4 is 5.32 Å². The lowest BCUT2D eigenvalue weighted by molar-refractivity contribution is 0.0920. The van der Waals surface area contributed by atoms with Crippen molar-refractivity contribution < 1.29 is 4.79 Å². The Labute approximate surface area is 105 Å². The van der Waals surface area contributed by atoms with E-state index in [9.17, 15) is 4.79 Å². The maximum absolute atomic E-state index is 12.0. The van der Waals surface area contributed by atoms with Gasteiger partial charge in [-0.2, -0.15) is 0 Å². The van der Waals surface area contributed by atoms with Gasteiger partial charge in [-0.3, -0.25) is 4.79 Å². The summed E-state index contributed by atoms with van der Waals surface area (Å²) in [6, 6.07) is 2.03. The summed E-state index contributed by atoms with van der Waals surface area (Å²) in [6.07, 6.45) is 2.95. The van der Waals surface area contributed by atoms with Crippen molar-refractivity contribution in [2.24, 2.45) is 13.0 Å². The van der Waals surface area contributed by atoms with E-state index in [2.05, 4.69) is 35.1 Å². The first-order chi connectivity index (χ1) is 7.45. The highest BCUT2D eigenvalue weighted by atomic mass is 79.9. The van der Waals surface area contributed by atoms with Crippen LogP contribution in [0.5, 0.6) is 0 Å². The van der Waals surface area contributed by atoms with Crippen LogP contribution >= 0.6 is 15.9 Å². The van der Waals surface area contributed by atoms with Gasteiger partial charge in [-0.15, -0.1) is 0 Å². The topological polar surface area (TPSA) is 34.0 Å². The summed E-state index contributed by atoms with van der Waals surface area (Å²) in [7, 11) is 1.87. The van der Waals surface area contributed by atoms with Gasteiger partial charge in [-0.25, -0.2) is 0 Å². The highest BCUT2D eigenvalue weighted by molar-refractivity contribution is 9.10. The average molecular weight is 287 g/mol.